The monoisotopic (exact) mass is 487 g/mol. The van der Waals surface area contributed by atoms with Crippen LogP contribution in [0.15, 0.2) is 87.6 Å². The second-order valence-electron chi connectivity index (χ2n) is 7.21. The van der Waals surface area contributed by atoms with Crippen LogP contribution < -0.4 is 4.90 Å². The van der Waals surface area contributed by atoms with Gasteiger partial charge in [0.15, 0.2) is 0 Å². The highest BCUT2D eigenvalue weighted by molar-refractivity contribution is 8.17. The van der Waals surface area contributed by atoms with E-state index in [1.165, 1.54) is 15.7 Å². The van der Waals surface area contributed by atoms with Crippen LogP contribution in [0.3, 0.4) is 0 Å². The van der Waals surface area contributed by atoms with Gasteiger partial charge >= 0.3 is 0 Å². The zero-order valence-corrected chi connectivity index (χ0v) is 19.9. The zero-order chi connectivity index (χ0) is 21.8. The molecule has 0 aliphatic carbocycles. The Kier molecular flexibility index (Phi) is 5.27. The molecule has 2 aliphatic rings. The number of rotatable bonds is 3. The molecule has 3 aromatic rings. The van der Waals surface area contributed by atoms with Crippen LogP contribution in [0.5, 0.6) is 0 Å². The Hall–Kier alpha value is -2.03. The zero-order valence-electron chi connectivity index (χ0n) is 16.7. The standard InChI is InChI=1S/C23H18ClNO3S3/c1-25-20-12-11-15-7-3-4-8-17(15)23(20)29-22(25)14-16-13-19(24)18-9-5-6-10-21(18)30(16)28-31(2,26)27/h3-14H,1-2H3/b22-14-. The minimum atomic E-state index is -3.68. The molecule has 158 valence electrons. The third-order valence-corrected chi connectivity index (χ3v) is 9.54. The largest absolute Gasteiger partial charge is 0.338 e. The van der Waals surface area contributed by atoms with Gasteiger partial charge in [0.2, 0.25) is 0 Å². The topological polar surface area (TPSA) is 46.6 Å². The van der Waals surface area contributed by atoms with Gasteiger partial charge in [0.25, 0.3) is 10.1 Å². The van der Waals surface area contributed by atoms with Gasteiger partial charge in [0, 0.05) is 38.0 Å². The Morgan fingerprint density at radius 2 is 1.81 bits per heavy atom. The molecule has 0 N–H and O–H groups in total. The molecular formula is C23H18ClNO3S3. The van der Waals surface area contributed by atoms with Gasteiger partial charge in [-0.15, -0.1) is 0 Å². The molecule has 0 saturated carbocycles. The lowest BCUT2D eigenvalue weighted by Crippen LogP contribution is -2.12. The van der Waals surface area contributed by atoms with Crippen LogP contribution in [0.4, 0.5) is 5.69 Å². The quantitative estimate of drug-likeness (QED) is 0.324. The van der Waals surface area contributed by atoms with Gasteiger partial charge in [0.05, 0.1) is 22.0 Å². The van der Waals surface area contributed by atoms with E-state index in [2.05, 4.69) is 29.2 Å². The summed E-state index contributed by atoms with van der Waals surface area (Å²) in [5.74, 6) is 0. The van der Waals surface area contributed by atoms with Crippen LogP contribution in [0.1, 0.15) is 5.56 Å². The van der Waals surface area contributed by atoms with Crippen molar-refractivity contribution in [2.75, 3.05) is 18.2 Å². The van der Waals surface area contributed by atoms with E-state index in [1.807, 2.05) is 49.5 Å². The minimum Gasteiger partial charge on any atom is -0.338 e. The third kappa shape index (κ3) is 3.85. The van der Waals surface area contributed by atoms with Crippen molar-refractivity contribution < 1.29 is 12.0 Å². The van der Waals surface area contributed by atoms with Crippen LogP contribution in [0.2, 0.25) is 0 Å². The highest BCUT2D eigenvalue weighted by Gasteiger charge is 2.27. The number of hydrogen-bond donors (Lipinski definition) is 0. The fourth-order valence-electron chi connectivity index (χ4n) is 3.65. The molecule has 0 aromatic heterocycles. The lowest BCUT2D eigenvalue weighted by Gasteiger charge is -2.21. The normalized spacial score (nSPS) is 19.5. The van der Waals surface area contributed by atoms with Crippen LogP contribution in [-0.4, -0.2) is 26.6 Å². The van der Waals surface area contributed by atoms with E-state index in [0.717, 1.165) is 32.3 Å². The molecule has 8 heteroatoms. The number of hydrogen-bond acceptors (Lipinski definition) is 5. The second-order valence-corrected chi connectivity index (χ2v) is 12.0. The number of fused-ring (bicyclic) bond motifs is 4. The molecule has 1 unspecified atom stereocenters. The molecule has 0 bridgehead atoms. The highest BCUT2D eigenvalue weighted by Crippen LogP contribution is 2.50. The van der Waals surface area contributed by atoms with Crippen molar-refractivity contribution in [1.29, 1.82) is 0 Å². The van der Waals surface area contributed by atoms with Gasteiger partial charge in [-0.3, -0.25) is 0 Å². The summed E-state index contributed by atoms with van der Waals surface area (Å²) in [6, 6.07) is 20.0. The van der Waals surface area contributed by atoms with E-state index in [-0.39, 0.29) is 0 Å². The molecule has 2 aliphatic heterocycles. The first-order valence-corrected chi connectivity index (χ1v) is 13.6. The Morgan fingerprint density at radius 3 is 2.61 bits per heavy atom. The summed E-state index contributed by atoms with van der Waals surface area (Å²) in [5.41, 5.74) is 1.91. The maximum Gasteiger partial charge on any atom is 0.274 e. The van der Waals surface area contributed by atoms with Crippen LogP contribution >= 0.6 is 34.1 Å². The van der Waals surface area contributed by atoms with Crippen molar-refractivity contribution in [3.05, 3.63) is 83.4 Å². The van der Waals surface area contributed by atoms with Gasteiger partial charge < -0.3 is 4.90 Å². The lowest BCUT2D eigenvalue weighted by molar-refractivity contribution is 0.524. The van der Waals surface area contributed by atoms with Crippen molar-refractivity contribution >= 4 is 70.6 Å². The van der Waals surface area contributed by atoms with Crippen LogP contribution in [0.25, 0.3) is 15.8 Å². The maximum absolute atomic E-state index is 12.0. The molecule has 0 saturated heterocycles. The van der Waals surface area contributed by atoms with Gasteiger partial charge in [-0.1, -0.05) is 71.9 Å². The molecule has 31 heavy (non-hydrogen) atoms. The second kappa shape index (κ2) is 7.83. The number of benzene rings is 3. The van der Waals surface area contributed by atoms with E-state index in [9.17, 15) is 8.42 Å². The molecule has 0 amide bonds. The highest BCUT2D eigenvalue weighted by atomic mass is 35.5. The minimum absolute atomic E-state index is 0.567. The third-order valence-electron chi connectivity index (χ3n) is 5.04. The molecule has 0 radical (unpaired) electrons. The summed E-state index contributed by atoms with van der Waals surface area (Å²) in [6.45, 7) is 0. The first kappa shape index (κ1) is 20.8. The van der Waals surface area contributed by atoms with Gasteiger partial charge in [-0.25, -0.2) is 3.63 Å². The van der Waals surface area contributed by atoms with Gasteiger partial charge in [0.1, 0.15) is 0 Å². The summed E-state index contributed by atoms with van der Waals surface area (Å²) in [7, 11) is -2.76. The predicted molar refractivity (Wildman–Crippen MR) is 133 cm³/mol. The number of halogens is 1. The van der Waals surface area contributed by atoms with Crippen molar-refractivity contribution in [2.24, 2.45) is 0 Å². The smallest absolute Gasteiger partial charge is 0.274 e. The van der Waals surface area contributed by atoms with Crippen molar-refractivity contribution in [3.63, 3.8) is 0 Å². The Bertz CT molecular complexity index is 1440. The molecule has 5 rings (SSSR count). The first-order chi connectivity index (χ1) is 14.8. The molecule has 4 nitrogen and oxygen atoms in total. The summed E-state index contributed by atoms with van der Waals surface area (Å²) in [4.78, 5) is 4.79. The van der Waals surface area contributed by atoms with Crippen LogP contribution in [0, 0.1) is 0 Å². The Labute approximate surface area is 193 Å². The van der Waals surface area contributed by atoms with Crippen molar-refractivity contribution in [1.82, 2.24) is 0 Å². The van der Waals surface area contributed by atoms with Gasteiger partial charge in [-0.2, -0.15) is 8.42 Å². The summed E-state index contributed by atoms with van der Waals surface area (Å²) in [5, 5.41) is 3.93. The lowest BCUT2D eigenvalue weighted by atomic mass is 10.1. The molecule has 3 aromatic carbocycles. The number of allylic oxidation sites excluding steroid dienone is 2. The molecule has 1 atom stereocenters. The summed E-state index contributed by atoms with van der Waals surface area (Å²) < 4.78 is 29.6. The van der Waals surface area contributed by atoms with Gasteiger partial charge in [-0.05, 0) is 35.1 Å². The summed E-state index contributed by atoms with van der Waals surface area (Å²) >= 11 is 8.22. The van der Waals surface area contributed by atoms with Crippen LogP contribution in [-0.2, 0) is 13.7 Å². The fraction of sp³-hybridized carbons (Fsp3) is 0.0870. The van der Waals surface area contributed by atoms with E-state index in [1.54, 1.807) is 17.8 Å². The Morgan fingerprint density at radius 1 is 1.06 bits per heavy atom. The average Bonchev–Trinajstić information content (AvgIpc) is 3.06. The maximum atomic E-state index is 12.0. The van der Waals surface area contributed by atoms with Crippen molar-refractivity contribution in [3.8, 4) is 0 Å². The van der Waals surface area contributed by atoms with E-state index in [4.69, 9.17) is 15.2 Å². The number of nitrogens with zero attached hydrogens (tertiary/aromatic N) is 1. The molecule has 0 spiro atoms. The SMILES string of the molecule is CN1/C(=C/C2=S(OS(C)(=O)=O)c3ccccc3C(Cl)=C2)Sc2c1ccc1ccccc21. The Balaban J connectivity index is 1.67. The summed E-state index contributed by atoms with van der Waals surface area (Å²) in [6.07, 6.45) is 4.86. The fourth-order valence-corrected chi connectivity index (χ4v) is 8.23. The van der Waals surface area contributed by atoms with E-state index < -0.39 is 20.9 Å². The average molecular weight is 488 g/mol. The van der Waals surface area contributed by atoms with Crippen molar-refractivity contribution in [2.45, 2.75) is 9.79 Å². The van der Waals surface area contributed by atoms with E-state index in [0.29, 0.717) is 5.03 Å². The first-order valence-electron chi connectivity index (χ1n) is 9.44. The van der Waals surface area contributed by atoms with E-state index >= 15 is 0 Å². The molecule has 2 heterocycles. The molecular weight excluding hydrogens is 470 g/mol. The number of thioether (sulfide) groups is 1. The molecule has 0 fully saturated rings. The number of anilines is 1. The predicted octanol–water partition coefficient (Wildman–Crippen LogP) is 6.21.